The van der Waals surface area contributed by atoms with Gasteiger partial charge in [-0.25, -0.2) is 9.78 Å². The Labute approximate surface area is 301 Å². The van der Waals surface area contributed by atoms with Crippen molar-refractivity contribution in [3.8, 4) is 22.5 Å². The zero-order valence-corrected chi connectivity index (χ0v) is 29.5. The van der Waals surface area contributed by atoms with Crippen molar-refractivity contribution in [1.82, 2.24) is 29.7 Å². The van der Waals surface area contributed by atoms with Crippen LogP contribution in [0.5, 0.6) is 0 Å². The fraction of sp³-hybridized carbons (Fsp3) is 0.325. The van der Waals surface area contributed by atoms with Gasteiger partial charge in [0.15, 0.2) is 0 Å². The largest absolute Gasteiger partial charge is 0.465 e. The number of anilines is 1. The van der Waals surface area contributed by atoms with Gasteiger partial charge in [-0.1, -0.05) is 54.6 Å². The van der Waals surface area contributed by atoms with E-state index in [-0.39, 0.29) is 17.9 Å². The van der Waals surface area contributed by atoms with E-state index in [0.29, 0.717) is 30.6 Å². The molecule has 3 atom stereocenters. The van der Waals surface area contributed by atoms with E-state index in [1.54, 1.807) is 45.0 Å². The fourth-order valence-corrected chi connectivity index (χ4v) is 7.65. The molecule has 12 heteroatoms. The number of carboxylic acid groups (broad SMARTS) is 1. The number of nitrogens with one attached hydrogen (secondary N) is 3. The highest BCUT2D eigenvalue weighted by atomic mass is 16.4. The zero-order chi connectivity index (χ0) is 36.5. The number of fused-ring (bicyclic) bond motifs is 1. The summed E-state index contributed by atoms with van der Waals surface area (Å²) in [5.41, 5.74) is 5.88. The molecule has 2 fully saturated rings. The van der Waals surface area contributed by atoms with E-state index in [1.165, 1.54) is 4.90 Å². The van der Waals surface area contributed by atoms with Crippen molar-refractivity contribution < 1.29 is 24.3 Å². The van der Waals surface area contributed by atoms with Crippen LogP contribution >= 0.6 is 0 Å². The summed E-state index contributed by atoms with van der Waals surface area (Å²) < 4.78 is 0. The summed E-state index contributed by atoms with van der Waals surface area (Å²) in [4.78, 5) is 68.2. The number of aromatic amines is 2. The minimum atomic E-state index is -1.19. The van der Waals surface area contributed by atoms with E-state index in [2.05, 4.69) is 20.3 Å². The van der Waals surface area contributed by atoms with Crippen molar-refractivity contribution in [2.75, 3.05) is 18.4 Å². The fourth-order valence-electron chi connectivity index (χ4n) is 7.65. The van der Waals surface area contributed by atoms with Crippen molar-refractivity contribution in [2.24, 2.45) is 0 Å². The minimum Gasteiger partial charge on any atom is -0.465 e. The molecule has 4 heterocycles. The first-order valence-corrected chi connectivity index (χ1v) is 17.8. The van der Waals surface area contributed by atoms with Gasteiger partial charge in [0.2, 0.25) is 11.8 Å². The quantitative estimate of drug-likeness (QED) is 0.130. The maximum atomic E-state index is 14.1. The number of carbonyl (C=O) groups excluding carboxylic acids is 3. The van der Waals surface area contributed by atoms with Gasteiger partial charge < -0.3 is 30.2 Å². The van der Waals surface area contributed by atoms with Crippen molar-refractivity contribution >= 4 is 40.4 Å². The van der Waals surface area contributed by atoms with E-state index >= 15 is 0 Å². The van der Waals surface area contributed by atoms with Crippen molar-refractivity contribution in [3.63, 3.8) is 0 Å². The highest BCUT2D eigenvalue weighted by Crippen LogP contribution is 2.34. The molecule has 2 aliphatic heterocycles. The van der Waals surface area contributed by atoms with E-state index in [4.69, 9.17) is 0 Å². The number of benzene rings is 3. The number of amides is 4. The summed E-state index contributed by atoms with van der Waals surface area (Å²) in [6.45, 7) is 6.20. The molecule has 0 saturated carbocycles. The van der Waals surface area contributed by atoms with Crippen LogP contribution in [0.15, 0.2) is 85.1 Å². The first-order valence-electron chi connectivity index (χ1n) is 17.8. The van der Waals surface area contributed by atoms with Crippen LogP contribution in [0.1, 0.15) is 69.9 Å². The number of hydrogen-bond donors (Lipinski definition) is 4. The molecule has 2 saturated heterocycles. The highest BCUT2D eigenvalue weighted by molar-refractivity contribution is 6.00. The van der Waals surface area contributed by atoms with E-state index in [1.807, 2.05) is 65.7 Å². The Hall–Kier alpha value is -5.91. The van der Waals surface area contributed by atoms with E-state index in [0.717, 1.165) is 63.5 Å². The van der Waals surface area contributed by atoms with Gasteiger partial charge in [0.1, 0.15) is 17.9 Å². The maximum Gasteiger partial charge on any atom is 0.408 e. The third-order valence-electron chi connectivity index (χ3n) is 10.2. The Bertz CT molecular complexity index is 2110. The molecule has 0 radical (unpaired) electrons. The molecule has 0 bridgehead atoms. The van der Waals surface area contributed by atoms with Crippen LogP contribution in [0, 0.1) is 0 Å². The smallest absolute Gasteiger partial charge is 0.408 e. The molecule has 2 aromatic heterocycles. The summed E-state index contributed by atoms with van der Waals surface area (Å²) in [5.74, 6) is 0.164. The lowest BCUT2D eigenvalue weighted by atomic mass is 10.0. The van der Waals surface area contributed by atoms with Gasteiger partial charge in [0, 0.05) is 48.3 Å². The van der Waals surface area contributed by atoms with Crippen LogP contribution in [-0.4, -0.2) is 83.7 Å². The Balaban J connectivity index is 1.05. The summed E-state index contributed by atoms with van der Waals surface area (Å²) in [5, 5.41) is 14.0. The van der Waals surface area contributed by atoms with Gasteiger partial charge in [0.25, 0.3) is 5.91 Å². The van der Waals surface area contributed by atoms with Crippen molar-refractivity contribution in [1.29, 1.82) is 0 Å². The second kappa shape index (κ2) is 14.4. The van der Waals surface area contributed by atoms with Gasteiger partial charge in [0.05, 0.1) is 17.9 Å². The summed E-state index contributed by atoms with van der Waals surface area (Å²) in [6.07, 6.45) is 3.62. The molecule has 0 aliphatic carbocycles. The van der Waals surface area contributed by atoms with Gasteiger partial charge in [-0.2, -0.15) is 0 Å². The molecule has 12 nitrogen and oxygen atoms in total. The SMILES string of the molecule is CC(=O)N1CCCC1c1ncc(-c2ccc(-c3cc4cc(NC(=O)[C@@H]5CCCN5C(=O)[C@@H](c5ccccc5)N(C(=O)O)C(C)C)ccc4[nH]3)cc2)[nH]1. The van der Waals surface area contributed by atoms with Gasteiger partial charge in [-0.05, 0) is 80.5 Å². The number of H-pyrrole nitrogens is 2. The van der Waals surface area contributed by atoms with Crippen LogP contribution < -0.4 is 5.32 Å². The van der Waals surface area contributed by atoms with Gasteiger partial charge in [-0.3, -0.25) is 19.3 Å². The molecule has 268 valence electrons. The third kappa shape index (κ3) is 6.75. The number of aromatic nitrogens is 3. The molecule has 2 aliphatic rings. The second-order valence-electron chi connectivity index (χ2n) is 13.9. The Kier molecular flexibility index (Phi) is 9.55. The minimum absolute atomic E-state index is 0.0161. The van der Waals surface area contributed by atoms with Gasteiger partial charge in [-0.15, -0.1) is 0 Å². The van der Waals surface area contributed by atoms with Crippen LogP contribution in [0.4, 0.5) is 10.5 Å². The highest BCUT2D eigenvalue weighted by Gasteiger charge is 2.42. The number of rotatable bonds is 9. The molecule has 5 aromatic rings. The Morgan fingerprint density at radius 3 is 2.25 bits per heavy atom. The standard InChI is InChI=1S/C40H43N7O5/c1-24(2)47(40(51)52)36(28-9-5-4-6-10-28)39(50)46-20-8-12-35(46)38(49)42-30-17-18-31-29(21-30)22-32(43-31)26-13-15-27(16-14-26)33-23-41-37(44-33)34-11-7-19-45(34)25(3)48/h4-6,9-10,13-18,21-24,34-36,43H,7-8,11-12,19-20H2,1-3H3,(H,41,44)(H,42,49)(H,51,52)/t34?,35-,36+/m0/s1. The predicted octanol–water partition coefficient (Wildman–Crippen LogP) is 6.97. The normalized spacial score (nSPS) is 17.8. The van der Waals surface area contributed by atoms with Crippen LogP contribution in [0.2, 0.25) is 0 Å². The summed E-state index contributed by atoms with van der Waals surface area (Å²) in [6, 6.07) is 22.4. The van der Waals surface area contributed by atoms with Crippen LogP contribution in [0.25, 0.3) is 33.4 Å². The molecule has 0 spiro atoms. The molecule has 3 aromatic carbocycles. The average Bonchev–Trinajstić information content (AvgIpc) is 3.96. The molecule has 52 heavy (non-hydrogen) atoms. The predicted molar refractivity (Wildman–Crippen MR) is 198 cm³/mol. The summed E-state index contributed by atoms with van der Waals surface area (Å²) >= 11 is 0. The first kappa shape index (κ1) is 34.5. The maximum absolute atomic E-state index is 14.1. The van der Waals surface area contributed by atoms with Crippen LogP contribution in [-0.2, 0) is 14.4 Å². The monoisotopic (exact) mass is 701 g/mol. The Morgan fingerprint density at radius 1 is 0.865 bits per heavy atom. The molecule has 4 N–H and O–H groups in total. The second-order valence-corrected chi connectivity index (χ2v) is 13.9. The summed E-state index contributed by atoms with van der Waals surface area (Å²) in [7, 11) is 0. The van der Waals surface area contributed by atoms with E-state index in [9.17, 15) is 24.3 Å². The molecule has 4 amide bonds. The zero-order valence-electron chi connectivity index (χ0n) is 29.5. The van der Waals surface area contributed by atoms with E-state index < -0.39 is 30.1 Å². The number of nitrogens with zero attached hydrogens (tertiary/aromatic N) is 4. The molecule has 1 unspecified atom stereocenters. The molecular weight excluding hydrogens is 658 g/mol. The van der Waals surface area contributed by atoms with Crippen molar-refractivity contribution in [3.05, 3.63) is 96.4 Å². The lowest BCUT2D eigenvalue weighted by Crippen LogP contribution is -2.51. The molecule has 7 rings (SSSR count). The first-order chi connectivity index (χ1) is 25.1. The average molecular weight is 702 g/mol. The lowest BCUT2D eigenvalue weighted by Gasteiger charge is -2.36. The topological polar surface area (TPSA) is 155 Å². The molecular formula is C40H43N7O5. The number of carbonyl (C=O) groups is 4. The van der Waals surface area contributed by atoms with Gasteiger partial charge >= 0.3 is 6.09 Å². The number of imidazole rings is 1. The number of likely N-dealkylation sites (tertiary alicyclic amines) is 2. The van der Waals surface area contributed by atoms with Crippen molar-refractivity contribution in [2.45, 2.75) is 70.6 Å². The Morgan fingerprint density at radius 2 is 1.56 bits per heavy atom. The van der Waals surface area contributed by atoms with Crippen LogP contribution in [0.3, 0.4) is 0 Å². The third-order valence-corrected chi connectivity index (χ3v) is 10.2. The lowest BCUT2D eigenvalue weighted by molar-refractivity contribution is -0.141. The number of hydrogen-bond acceptors (Lipinski definition) is 5.